The van der Waals surface area contributed by atoms with Crippen LogP contribution in [-0.4, -0.2) is 39.5 Å². The lowest BCUT2D eigenvalue weighted by atomic mass is 9.85. The molecular weight excluding hydrogens is 264 g/mol. The highest BCUT2D eigenvalue weighted by Gasteiger charge is 2.25. The van der Waals surface area contributed by atoms with Crippen molar-refractivity contribution in [3.63, 3.8) is 0 Å². The molecule has 2 aliphatic rings. The number of amides is 1. The highest BCUT2D eigenvalue weighted by Crippen LogP contribution is 2.26. The molecule has 0 saturated heterocycles. The Morgan fingerprint density at radius 2 is 2.19 bits per heavy atom. The van der Waals surface area contributed by atoms with E-state index in [1.54, 1.807) is 0 Å². The van der Waals surface area contributed by atoms with Gasteiger partial charge in [0.25, 0.3) is 0 Å². The lowest BCUT2D eigenvalue weighted by molar-refractivity contribution is -0.127. The van der Waals surface area contributed by atoms with E-state index in [4.69, 9.17) is 0 Å². The van der Waals surface area contributed by atoms with Crippen molar-refractivity contribution in [1.29, 1.82) is 0 Å². The van der Waals surface area contributed by atoms with Crippen LogP contribution in [0, 0.1) is 5.92 Å². The lowest BCUT2D eigenvalue weighted by Crippen LogP contribution is -2.35. The van der Waals surface area contributed by atoms with Crippen LogP contribution >= 0.6 is 0 Å². The van der Waals surface area contributed by atoms with Gasteiger partial charge in [0.05, 0.1) is 18.4 Å². The number of aromatic nitrogens is 2. The maximum Gasteiger partial charge on any atom is 0.223 e. The first kappa shape index (κ1) is 14.6. The van der Waals surface area contributed by atoms with Crippen LogP contribution in [0.1, 0.15) is 44.6 Å². The summed E-state index contributed by atoms with van der Waals surface area (Å²) < 4.78 is 2.30. The molecule has 1 aliphatic carbocycles. The highest BCUT2D eigenvalue weighted by molar-refractivity contribution is 5.79. The minimum atomic E-state index is 0.217. The summed E-state index contributed by atoms with van der Waals surface area (Å²) in [7, 11) is 0. The molecule has 1 saturated carbocycles. The van der Waals surface area contributed by atoms with Crippen LogP contribution in [0.25, 0.3) is 0 Å². The van der Waals surface area contributed by atoms with Crippen molar-refractivity contribution in [3.05, 3.63) is 17.7 Å². The van der Waals surface area contributed by atoms with Crippen molar-refractivity contribution in [2.75, 3.05) is 13.1 Å². The van der Waals surface area contributed by atoms with Crippen molar-refractivity contribution in [3.8, 4) is 0 Å². The molecule has 1 amide bonds. The molecule has 1 N–H and O–H groups in total. The van der Waals surface area contributed by atoms with E-state index in [0.717, 1.165) is 50.4 Å². The van der Waals surface area contributed by atoms with Crippen LogP contribution in [0.15, 0.2) is 6.20 Å². The number of hydrogen-bond donors (Lipinski definition) is 1. The van der Waals surface area contributed by atoms with Gasteiger partial charge >= 0.3 is 0 Å². The number of hydrogen-bond acceptors (Lipinski definition) is 3. The van der Waals surface area contributed by atoms with Gasteiger partial charge in [-0.15, -0.1) is 0 Å². The van der Waals surface area contributed by atoms with Gasteiger partial charge in [0.15, 0.2) is 0 Å². The summed E-state index contributed by atoms with van der Waals surface area (Å²) in [5.74, 6) is 1.63. The zero-order valence-electron chi connectivity index (χ0n) is 13.1. The van der Waals surface area contributed by atoms with Gasteiger partial charge in [-0.2, -0.15) is 0 Å². The maximum atomic E-state index is 11.9. The zero-order valence-corrected chi connectivity index (χ0v) is 13.1. The van der Waals surface area contributed by atoms with E-state index >= 15 is 0 Å². The summed E-state index contributed by atoms with van der Waals surface area (Å²) in [5.41, 5.74) is 1.14. The molecule has 116 valence electrons. The van der Waals surface area contributed by atoms with E-state index in [9.17, 15) is 4.79 Å². The highest BCUT2D eigenvalue weighted by atomic mass is 16.1. The third-order valence-electron chi connectivity index (χ3n) is 4.90. The molecule has 21 heavy (non-hydrogen) atoms. The van der Waals surface area contributed by atoms with Gasteiger partial charge in [0.2, 0.25) is 5.91 Å². The van der Waals surface area contributed by atoms with Crippen molar-refractivity contribution >= 4 is 5.91 Å². The van der Waals surface area contributed by atoms with Gasteiger partial charge < -0.3 is 9.88 Å². The molecule has 2 heterocycles. The summed E-state index contributed by atoms with van der Waals surface area (Å²) in [5, 5.41) is 3.08. The Bertz CT molecular complexity index is 504. The fourth-order valence-electron chi connectivity index (χ4n) is 3.16. The number of nitrogens with zero attached hydrogens (tertiary/aromatic N) is 3. The van der Waals surface area contributed by atoms with Crippen LogP contribution in [-0.2, 0) is 24.3 Å². The Balaban J connectivity index is 1.61. The van der Waals surface area contributed by atoms with Crippen LogP contribution in [0.4, 0.5) is 0 Å². The number of carbonyl (C=O) groups is 1. The minimum Gasteiger partial charge on any atom is -0.350 e. The van der Waals surface area contributed by atoms with Crippen molar-refractivity contribution in [2.24, 2.45) is 5.92 Å². The summed E-state index contributed by atoms with van der Waals surface area (Å²) in [6.07, 6.45) is 6.24. The van der Waals surface area contributed by atoms with E-state index < -0.39 is 0 Å². The number of carbonyl (C=O) groups excluding carboxylic acids is 1. The van der Waals surface area contributed by atoms with Crippen LogP contribution in [0.3, 0.4) is 0 Å². The van der Waals surface area contributed by atoms with E-state index in [0.29, 0.717) is 12.6 Å². The first-order chi connectivity index (χ1) is 10.1. The molecule has 0 atom stereocenters. The van der Waals surface area contributed by atoms with Gasteiger partial charge in [-0.25, -0.2) is 4.98 Å². The Morgan fingerprint density at radius 1 is 1.38 bits per heavy atom. The Labute approximate surface area is 126 Å². The number of rotatable bonds is 4. The molecular formula is C16H26N4O. The smallest absolute Gasteiger partial charge is 0.223 e. The van der Waals surface area contributed by atoms with Crippen LogP contribution in [0.2, 0.25) is 0 Å². The van der Waals surface area contributed by atoms with Gasteiger partial charge in [0, 0.05) is 38.0 Å². The average molecular weight is 290 g/mol. The third kappa shape index (κ3) is 3.12. The largest absolute Gasteiger partial charge is 0.350 e. The predicted octanol–water partition coefficient (Wildman–Crippen LogP) is 1.57. The molecule has 1 fully saturated rings. The normalized spacial score (nSPS) is 20.0. The summed E-state index contributed by atoms with van der Waals surface area (Å²) in [6, 6.07) is 0.580. The summed E-state index contributed by atoms with van der Waals surface area (Å²) in [4.78, 5) is 19.0. The first-order valence-corrected chi connectivity index (χ1v) is 8.20. The van der Waals surface area contributed by atoms with Gasteiger partial charge in [0.1, 0.15) is 5.82 Å². The molecule has 5 nitrogen and oxygen atoms in total. The van der Waals surface area contributed by atoms with Crippen molar-refractivity contribution < 1.29 is 4.79 Å². The quantitative estimate of drug-likeness (QED) is 0.915. The summed E-state index contributed by atoms with van der Waals surface area (Å²) in [6.45, 7) is 8.21. The standard InChI is InChI=1S/C16H26N4O/c1-12(2)19-7-6-15-17-10-14(20(15)9-8-19)11-18-16(21)13-4-3-5-13/h10,12-13H,3-9,11H2,1-2H3,(H,18,21). The SMILES string of the molecule is CC(C)N1CCc2ncc(CNC(=O)C3CCC3)n2CC1. The maximum absolute atomic E-state index is 11.9. The molecule has 5 heteroatoms. The molecule has 0 aromatic carbocycles. The fraction of sp³-hybridized carbons (Fsp3) is 0.750. The zero-order chi connectivity index (χ0) is 14.8. The second kappa shape index (κ2) is 6.18. The minimum absolute atomic E-state index is 0.217. The number of fused-ring (bicyclic) bond motifs is 1. The Kier molecular flexibility index (Phi) is 4.29. The van der Waals surface area contributed by atoms with E-state index in [-0.39, 0.29) is 11.8 Å². The van der Waals surface area contributed by atoms with E-state index in [2.05, 4.69) is 33.6 Å². The lowest BCUT2D eigenvalue weighted by Gasteiger charge is -2.24. The molecule has 3 rings (SSSR count). The monoisotopic (exact) mass is 290 g/mol. The van der Waals surface area contributed by atoms with E-state index in [1.165, 1.54) is 6.42 Å². The van der Waals surface area contributed by atoms with Gasteiger partial charge in [-0.05, 0) is 26.7 Å². The van der Waals surface area contributed by atoms with Crippen molar-refractivity contribution in [1.82, 2.24) is 19.8 Å². The van der Waals surface area contributed by atoms with Crippen LogP contribution < -0.4 is 5.32 Å². The molecule has 0 unspecified atom stereocenters. The molecule has 0 spiro atoms. The van der Waals surface area contributed by atoms with Gasteiger partial charge in [-0.1, -0.05) is 6.42 Å². The first-order valence-electron chi connectivity index (χ1n) is 8.20. The Morgan fingerprint density at radius 3 is 2.86 bits per heavy atom. The van der Waals surface area contributed by atoms with Gasteiger partial charge in [-0.3, -0.25) is 9.69 Å². The molecule has 0 bridgehead atoms. The number of nitrogens with one attached hydrogen (secondary N) is 1. The average Bonchev–Trinajstić information content (AvgIpc) is 2.63. The second-order valence-electron chi connectivity index (χ2n) is 6.54. The molecule has 0 radical (unpaired) electrons. The Hall–Kier alpha value is -1.36. The predicted molar refractivity (Wildman–Crippen MR) is 81.8 cm³/mol. The topological polar surface area (TPSA) is 50.2 Å². The summed E-state index contributed by atoms with van der Waals surface area (Å²) >= 11 is 0. The second-order valence-corrected chi connectivity index (χ2v) is 6.54. The fourth-order valence-corrected chi connectivity index (χ4v) is 3.16. The molecule has 1 aliphatic heterocycles. The molecule has 1 aromatic heterocycles. The van der Waals surface area contributed by atoms with E-state index in [1.807, 2.05) is 6.20 Å². The third-order valence-corrected chi connectivity index (χ3v) is 4.90. The molecule has 1 aromatic rings. The number of imidazole rings is 1. The van der Waals surface area contributed by atoms with Crippen LogP contribution in [0.5, 0.6) is 0 Å². The van der Waals surface area contributed by atoms with Crippen molar-refractivity contribution in [2.45, 2.75) is 58.7 Å².